The summed E-state index contributed by atoms with van der Waals surface area (Å²) in [4.78, 5) is 0. The maximum Gasteiger partial charge on any atom is 0.128 e. The van der Waals surface area contributed by atoms with Crippen molar-refractivity contribution in [1.82, 2.24) is 5.32 Å². The number of rotatable bonds is 4. The third-order valence-electron chi connectivity index (χ3n) is 4.54. The van der Waals surface area contributed by atoms with E-state index in [1.54, 1.807) is 0 Å². The van der Waals surface area contributed by atoms with E-state index in [4.69, 9.17) is 0 Å². The fraction of sp³-hybridized carbons (Fsp3) is 0.647. The van der Waals surface area contributed by atoms with Gasteiger partial charge in [0.1, 0.15) is 11.6 Å². The fourth-order valence-corrected chi connectivity index (χ4v) is 3.28. The van der Waals surface area contributed by atoms with Crippen LogP contribution in [-0.2, 0) is 0 Å². The molecule has 1 aromatic rings. The molecule has 0 bridgehead atoms. The molecule has 0 radical (unpaired) electrons. The third kappa shape index (κ3) is 4.02. The second-order valence-corrected chi connectivity index (χ2v) is 6.09. The highest BCUT2D eigenvalue weighted by molar-refractivity contribution is 5.21. The fourth-order valence-electron chi connectivity index (χ4n) is 3.28. The topological polar surface area (TPSA) is 12.0 Å². The highest BCUT2D eigenvalue weighted by atomic mass is 19.1. The van der Waals surface area contributed by atoms with Gasteiger partial charge in [0.25, 0.3) is 0 Å². The molecule has 1 aliphatic rings. The minimum Gasteiger partial charge on any atom is -0.307 e. The van der Waals surface area contributed by atoms with Crippen molar-refractivity contribution in [3.05, 3.63) is 35.4 Å². The van der Waals surface area contributed by atoms with Crippen molar-refractivity contribution in [2.75, 3.05) is 0 Å². The molecule has 1 nitrogen and oxygen atoms in total. The average Bonchev–Trinajstić information content (AvgIpc) is 2.70. The van der Waals surface area contributed by atoms with Crippen LogP contribution in [-0.4, -0.2) is 6.04 Å². The van der Waals surface area contributed by atoms with E-state index in [-0.39, 0.29) is 17.7 Å². The lowest BCUT2D eigenvalue weighted by Crippen LogP contribution is -2.35. The van der Waals surface area contributed by atoms with Gasteiger partial charge in [-0.05, 0) is 50.8 Å². The van der Waals surface area contributed by atoms with Crippen molar-refractivity contribution < 1.29 is 8.78 Å². The minimum absolute atomic E-state index is 0.163. The molecule has 0 spiro atoms. The van der Waals surface area contributed by atoms with Gasteiger partial charge in [-0.15, -0.1) is 0 Å². The molecule has 20 heavy (non-hydrogen) atoms. The summed E-state index contributed by atoms with van der Waals surface area (Å²) in [5.41, 5.74) is 0.422. The van der Waals surface area contributed by atoms with Crippen molar-refractivity contribution in [3.63, 3.8) is 0 Å². The van der Waals surface area contributed by atoms with Gasteiger partial charge in [0.15, 0.2) is 0 Å². The van der Waals surface area contributed by atoms with Gasteiger partial charge < -0.3 is 5.32 Å². The normalized spacial score (nSPS) is 20.4. The highest BCUT2D eigenvalue weighted by Crippen LogP contribution is 2.27. The molecule has 0 amide bonds. The molecule has 2 atom stereocenters. The summed E-state index contributed by atoms with van der Waals surface area (Å²) in [6.07, 6.45) is 7.73. The Morgan fingerprint density at radius 1 is 1.05 bits per heavy atom. The number of nitrogens with one attached hydrogen (secondary N) is 1. The molecule has 1 aromatic carbocycles. The van der Waals surface area contributed by atoms with E-state index in [0.717, 1.165) is 0 Å². The van der Waals surface area contributed by atoms with E-state index in [9.17, 15) is 8.78 Å². The molecule has 0 saturated heterocycles. The van der Waals surface area contributed by atoms with E-state index < -0.39 is 0 Å². The maximum absolute atomic E-state index is 13.8. The van der Waals surface area contributed by atoms with Gasteiger partial charge in [-0.25, -0.2) is 8.78 Å². The van der Waals surface area contributed by atoms with Gasteiger partial charge in [-0.1, -0.05) is 25.7 Å². The first kappa shape index (κ1) is 15.4. The Kier molecular flexibility index (Phi) is 5.53. The van der Waals surface area contributed by atoms with Crippen LogP contribution >= 0.6 is 0 Å². The molecule has 0 heterocycles. The Bertz CT molecular complexity index is 425. The summed E-state index contributed by atoms with van der Waals surface area (Å²) in [6, 6.07) is 3.85. The number of hydrogen-bond acceptors (Lipinski definition) is 1. The van der Waals surface area contributed by atoms with E-state index in [1.165, 1.54) is 56.7 Å². The SMILES string of the molecule is CC(N[C@H](C)C1CCCCCC1)c1cc(F)ccc1F. The lowest BCUT2D eigenvalue weighted by atomic mass is 9.92. The zero-order valence-corrected chi connectivity index (χ0v) is 12.5. The smallest absolute Gasteiger partial charge is 0.128 e. The molecule has 1 N–H and O–H groups in total. The van der Waals surface area contributed by atoms with Crippen LogP contribution in [0.25, 0.3) is 0 Å². The Hall–Kier alpha value is -0.960. The molecule has 1 aliphatic carbocycles. The molecular formula is C17H25F2N. The van der Waals surface area contributed by atoms with Crippen molar-refractivity contribution in [1.29, 1.82) is 0 Å². The largest absolute Gasteiger partial charge is 0.307 e. The van der Waals surface area contributed by atoms with Crippen LogP contribution in [0.4, 0.5) is 8.78 Å². The van der Waals surface area contributed by atoms with E-state index in [1.807, 2.05) is 6.92 Å². The van der Waals surface area contributed by atoms with Crippen LogP contribution < -0.4 is 5.32 Å². The Balaban J connectivity index is 1.99. The molecule has 112 valence electrons. The lowest BCUT2D eigenvalue weighted by Gasteiger charge is -2.27. The molecule has 2 rings (SSSR count). The third-order valence-corrected chi connectivity index (χ3v) is 4.54. The van der Waals surface area contributed by atoms with Crippen LogP contribution in [0.5, 0.6) is 0 Å². The van der Waals surface area contributed by atoms with Gasteiger partial charge in [-0.2, -0.15) is 0 Å². The summed E-state index contributed by atoms with van der Waals surface area (Å²) in [5.74, 6) is -0.0618. The van der Waals surface area contributed by atoms with Crippen molar-refractivity contribution >= 4 is 0 Å². The number of benzene rings is 1. The second kappa shape index (κ2) is 7.16. The minimum atomic E-state index is -0.378. The summed E-state index contributed by atoms with van der Waals surface area (Å²) in [7, 11) is 0. The summed E-state index contributed by atoms with van der Waals surface area (Å²) >= 11 is 0. The number of hydrogen-bond donors (Lipinski definition) is 1. The second-order valence-electron chi connectivity index (χ2n) is 6.09. The maximum atomic E-state index is 13.8. The van der Waals surface area contributed by atoms with E-state index >= 15 is 0 Å². The summed E-state index contributed by atoms with van der Waals surface area (Å²) in [5, 5.41) is 3.46. The van der Waals surface area contributed by atoms with Gasteiger partial charge in [-0.3, -0.25) is 0 Å². The molecule has 1 fully saturated rings. The van der Waals surface area contributed by atoms with Crippen molar-refractivity contribution in [2.24, 2.45) is 5.92 Å². The van der Waals surface area contributed by atoms with Crippen LogP contribution in [0.2, 0.25) is 0 Å². The lowest BCUT2D eigenvalue weighted by molar-refractivity contribution is 0.313. The quantitative estimate of drug-likeness (QED) is 0.768. The van der Waals surface area contributed by atoms with Gasteiger partial charge >= 0.3 is 0 Å². The predicted octanol–water partition coefficient (Wildman–Crippen LogP) is 4.97. The zero-order chi connectivity index (χ0) is 14.5. The molecule has 3 heteroatoms. The molecular weight excluding hydrogens is 256 g/mol. The van der Waals surface area contributed by atoms with Crippen molar-refractivity contribution in [3.8, 4) is 0 Å². The molecule has 1 saturated carbocycles. The van der Waals surface area contributed by atoms with Crippen LogP contribution in [0.3, 0.4) is 0 Å². The molecule has 0 aliphatic heterocycles. The zero-order valence-electron chi connectivity index (χ0n) is 12.5. The van der Waals surface area contributed by atoms with Crippen LogP contribution in [0.1, 0.15) is 64.0 Å². The first-order chi connectivity index (χ1) is 9.58. The molecule has 1 unspecified atom stereocenters. The average molecular weight is 281 g/mol. The van der Waals surface area contributed by atoms with Crippen molar-refractivity contribution in [2.45, 2.75) is 64.5 Å². The van der Waals surface area contributed by atoms with Gasteiger partial charge in [0.05, 0.1) is 0 Å². The first-order valence-electron chi connectivity index (χ1n) is 7.79. The van der Waals surface area contributed by atoms with E-state index in [0.29, 0.717) is 17.5 Å². The Morgan fingerprint density at radius 3 is 2.35 bits per heavy atom. The highest BCUT2D eigenvalue weighted by Gasteiger charge is 2.21. The molecule has 0 aromatic heterocycles. The standard InChI is InChI=1S/C17H25F2N/c1-12(14-7-5-3-4-6-8-14)20-13(2)16-11-15(18)9-10-17(16)19/h9-14,20H,3-8H2,1-2H3/t12-,13?/m1/s1. The summed E-state index contributed by atoms with van der Waals surface area (Å²) < 4.78 is 27.0. The predicted molar refractivity (Wildman–Crippen MR) is 78.6 cm³/mol. The van der Waals surface area contributed by atoms with Gasteiger partial charge in [0, 0.05) is 17.6 Å². The van der Waals surface area contributed by atoms with Gasteiger partial charge in [0.2, 0.25) is 0 Å². The Labute approximate surface area is 120 Å². The van der Waals surface area contributed by atoms with Crippen LogP contribution in [0, 0.1) is 17.6 Å². The monoisotopic (exact) mass is 281 g/mol. The number of halogens is 2. The summed E-state index contributed by atoms with van der Waals surface area (Å²) in [6.45, 7) is 4.08. The first-order valence-corrected chi connectivity index (χ1v) is 7.79. The van der Waals surface area contributed by atoms with E-state index in [2.05, 4.69) is 12.2 Å². The Morgan fingerprint density at radius 2 is 1.70 bits per heavy atom. The van der Waals surface area contributed by atoms with Crippen LogP contribution in [0.15, 0.2) is 18.2 Å².